The number of carbonyl (C=O) groups excluding carboxylic acids is 2. The Labute approximate surface area is 154 Å². The molecule has 0 spiro atoms. The van der Waals surface area contributed by atoms with Crippen molar-refractivity contribution >= 4 is 17.5 Å². The molecular weight excluding hydrogens is 330 g/mol. The van der Waals surface area contributed by atoms with E-state index in [4.69, 9.17) is 4.74 Å². The van der Waals surface area contributed by atoms with Crippen LogP contribution >= 0.6 is 0 Å². The van der Waals surface area contributed by atoms with Crippen molar-refractivity contribution in [3.8, 4) is 5.75 Å². The minimum Gasteiger partial charge on any atom is -0.484 e. The summed E-state index contributed by atoms with van der Waals surface area (Å²) in [4.78, 5) is 28.4. The van der Waals surface area contributed by atoms with Gasteiger partial charge in [-0.15, -0.1) is 0 Å². The lowest BCUT2D eigenvalue weighted by Gasteiger charge is -2.30. The van der Waals surface area contributed by atoms with E-state index in [0.717, 1.165) is 37.4 Å². The summed E-state index contributed by atoms with van der Waals surface area (Å²) < 4.78 is 5.77. The van der Waals surface area contributed by atoms with Crippen LogP contribution in [-0.4, -0.2) is 61.4 Å². The molecule has 3 heterocycles. The lowest BCUT2D eigenvalue weighted by atomic mass is 9.71. The number of ether oxygens (including phenoxy) is 1. The molecule has 2 atom stereocenters. The molecular formula is C20H27N3O3. The second-order valence-corrected chi connectivity index (χ2v) is 8.70. The Morgan fingerprint density at radius 1 is 1.15 bits per heavy atom. The maximum absolute atomic E-state index is 12.7. The molecule has 2 amide bonds. The van der Waals surface area contributed by atoms with Crippen molar-refractivity contribution in [1.82, 2.24) is 9.80 Å². The number of hydrogen-bond acceptors (Lipinski definition) is 4. The molecule has 2 unspecified atom stereocenters. The molecule has 0 saturated carbocycles. The lowest BCUT2D eigenvalue weighted by Crippen LogP contribution is -2.37. The third-order valence-electron chi connectivity index (χ3n) is 6.46. The fraction of sp³-hybridized carbons (Fsp3) is 0.600. The molecule has 1 aromatic rings. The summed E-state index contributed by atoms with van der Waals surface area (Å²) in [5.41, 5.74) is 2.22. The summed E-state index contributed by atoms with van der Waals surface area (Å²) in [5, 5.41) is 2.86. The molecule has 26 heavy (non-hydrogen) atoms. The molecule has 6 nitrogen and oxygen atoms in total. The van der Waals surface area contributed by atoms with Crippen LogP contribution in [0.4, 0.5) is 5.69 Å². The molecule has 1 N–H and O–H groups in total. The van der Waals surface area contributed by atoms with Crippen LogP contribution in [0.25, 0.3) is 0 Å². The SMILES string of the molecule is CN1CC2(C)CN(C(=O)COc3ccc4c(c3)CCC(=O)N4)CC2(C)C1. The Morgan fingerprint density at radius 3 is 2.54 bits per heavy atom. The maximum Gasteiger partial charge on any atom is 0.260 e. The van der Waals surface area contributed by atoms with Crippen LogP contribution in [0.1, 0.15) is 25.8 Å². The van der Waals surface area contributed by atoms with Crippen molar-refractivity contribution in [3.05, 3.63) is 23.8 Å². The number of carbonyl (C=O) groups is 2. The van der Waals surface area contributed by atoms with E-state index in [9.17, 15) is 9.59 Å². The number of aryl methyl sites for hydroxylation is 1. The van der Waals surface area contributed by atoms with Crippen LogP contribution in [-0.2, 0) is 16.0 Å². The van der Waals surface area contributed by atoms with Gasteiger partial charge in [0.05, 0.1) is 0 Å². The fourth-order valence-corrected chi connectivity index (χ4v) is 4.87. The highest BCUT2D eigenvalue weighted by molar-refractivity contribution is 5.94. The number of fused-ring (bicyclic) bond motifs is 2. The quantitative estimate of drug-likeness (QED) is 0.895. The summed E-state index contributed by atoms with van der Waals surface area (Å²) >= 11 is 0. The van der Waals surface area contributed by atoms with Crippen molar-refractivity contribution in [2.75, 3.05) is 45.2 Å². The third-order valence-corrected chi connectivity index (χ3v) is 6.46. The van der Waals surface area contributed by atoms with Crippen molar-refractivity contribution in [1.29, 1.82) is 0 Å². The van der Waals surface area contributed by atoms with E-state index >= 15 is 0 Å². The summed E-state index contributed by atoms with van der Waals surface area (Å²) in [6.07, 6.45) is 1.21. The molecule has 2 fully saturated rings. The van der Waals surface area contributed by atoms with Crippen molar-refractivity contribution in [2.24, 2.45) is 10.8 Å². The van der Waals surface area contributed by atoms with Gasteiger partial charge >= 0.3 is 0 Å². The number of nitrogens with one attached hydrogen (secondary N) is 1. The van der Waals surface area contributed by atoms with E-state index in [1.807, 2.05) is 23.1 Å². The lowest BCUT2D eigenvalue weighted by molar-refractivity contribution is -0.133. The second-order valence-electron chi connectivity index (χ2n) is 8.70. The third kappa shape index (κ3) is 2.86. The van der Waals surface area contributed by atoms with Crippen molar-refractivity contribution in [2.45, 2.75) is 26.7 Å². The van der Waals surface area contributed by atoms with E-state index in [0.29, 0.717) is 18.6 Å². The number of nitrogens with zero attached hydrogens (tertiary/aromatic N) is 2. The maximum atomic E-state index is 12.7. The van der Waals surface area contributed by atoms with Gasteiger partial charge in [0.25, 0.3) is 5.91 Å². The minimum absolute atomic E-state index is 0.0496. The van der Waals surface area contributed by atoms with E-state index < -0.39 is 0 Å². The van der Waals surface area contributed by atoms with E-state index in [2.05, 4.69) is 31.1 Å². The average Bonchev–Trinajstić information content (AvgIpc) is 2.95. The monoisotopic (exact) mass is 357 g/mol. The highest BCUT2D eigenvalue weighted by Crippen LogP contribution is 2.50. The van der Waals surface area contributed by atoms with Crippen LogP contribution in [0.15, 0.2) is 18.2 Å². The smallest absolute Gasteiger partial charge is 0.260 e. The highest BCUT2D eigenvalue weighted by atomic mass is 16.5. The molecule has 1 aromatic carbocycles. The average molecular weight is 357 g/mol. The van der Waals surface area contributed by atoms with Crippen LogP contribution < -0.4 is 10.1 Å². The Morgan fingerprint density at radius 2 is 1.85 bits per heavy atom. The molecule has 0 aromatic heterocycles. The number of benzene rings is 1. The predicted molar refractivity (Wildman–Crippen MR) is 99.2 cm³/mol. The molecule has 0 radical (unpaired) electrons. The van der Waals surface area contributed by atoms with Crippen LogP contribution in [0.5, 0.6) is 5.75 Å². The summed E-state index contributed by atoms with van der Waals surface area (Å²) in [5.74, 6) is 0.786. The van der Waals surface area contributed by atoms with Gasteiger partial charge in [0, 0.05) is 49.1 Å². The van der Waals surface area contributed by atoms with Crippen LogP contribution in [0.2, 0.25) is 0 Å². The molecule has 0 aliphatic carbocycles. The Bertz CT molecular complexity index is 745. The summed E-state index contributed by atoms with van der Waals surface area (Å²) in [6.45, 7) is 8.31. The van der Waals surface area contributed by atoms with Gasteiger partial charge in [-0.25, -0.2) is 0 Å². The molecule has 3 aliphatic rings. The van der Waals surface area contributed by atoms with Gasteiger partial charge < -0.3 is 19.9 Å². The first-order valence-electron chi connectivity index (χ1n) is 9.30. The zero-order valence-electron chi connectivity index (χ0n) is 15.8. The van der Waals surface area contributed by atoms with Crippen LogP contribution in [0, 0.1) is 10.8 Å². The number of hydrogen-bond donors (Lipinski definition) is 1. The van der Waals surface area contributed by atoms with E-state index in [1.165, 1.54) is 0 Å². The molecule has 3 aliphatic heterocycles. The highest BCUT2D eigenvalue weighted by Gasteiger charge is 2.57. The molecule has 6 heteroatoms. The first-order valence-corrected chi connectivity index (χ1v) is 9.30. The van der Waals surface area contributed by atoms with Crippen molar-refractivity contribution in [3.63, 3.8) is 0 Å². The molecule has 0 bridgehead atoms. The Balaban J connectivity index is 1.37. The zero-order chi connectivity index (χ0) is 18.5. The first-order chi connectivity index (χ1) is 12.3. The molecule has 140 valence electrons. The van der Waals surface area contributed by atoms with Gasteiger partial charge in [-0.05, 0) is 37.2 Å². The molecule has 4 rings (SSSR count). The number of anilines is 1. The topological polar surface area (TPSA) is 61.9 Å². The van der Waals surface area contributed by atoms with Gasteiger partial charge in [0.15, 0.2) is 6.61 Å². The van der Waals surface area contributed by atoms with Crippen LogP contribution in [0.3, 0.4) is 0 Å². The van der Waals surface area contributed by atoms with Gasteiger partial charge in [0.1, 0.15) is 5.75 Å². The van der Waals surface area contributed by atoms with Gasteiger partial charge in [0.2, 0.25) is 5.91 Å². The predicted octanol–water partition coefficient (Wildman–Crippen LogP) is 1.75. The normalized spacial score (nSPS) is 30.7. The Kier molecular flexibility index (Phi) is 3.99. The molecule has 2 saturated heterocycles. The van der Waals surface area contributed by atoms with Gasteiger partial charge in [-0.2, -0.15) is 0 Å². The standard InChI is InChI=1S/C20H27N3O3/c1-19-10-22(3)11-20(19,2)13-23(12-19)18(25)9-26-15-5-6-16-14(8-15)4-7-17(24)21-16/h5-6,8H,4,7,9-13H2,1-3H3,(H,21,24). The fourth-order valence-electron chi connectivity index (χ4n) is 4.87. The number of rotatable bonds is 3. The number of likely N-dealkylation sites (tertiary alicyclic amines) is 2. The summed E-state index contributed by atoms with van der Waals surface area (Å²) in [7, 11) is 2.16. The van der Waals surface area contributed by atoms with Crippen molar-refractivity contribution < 1.29 is 14.3 Å². The van der Waals surface area contributed by atoms with Gasteiger partial charge in [-0.3, -0.25) is 9.59 Å². The van der Waals surface area contributed by atoms with E-state index in [1.54, 1.807) is 0 Å². The summed E-state index contributed by atoms with van der Waals surface area (Å²) in [6, 6.07) is 5.59. The van der Waals surface area contributed by atoms with Gasteiger partial charge in [-0.1, -0.05) is 13.8 Å². The Hall–Kier alpha value is -2.08. The minimum atomic E-state index is 0.0496. The first kappa shape index (κ1) is 17.3. The second kappa shape index (κ2) is 5.98. The number of amides is 2. The zero-order valence-corrected chi connectivity index (χ0v) is 15.8. The van der Waals surface area contributed by atoms with E-state index in [-0.39, 0.29) is 29.3 Å². The largest absolute Gasteiger partial charge is 0.484 e.